The Balaban J connectivity index is 2.62. The summed E-state index contributed by atoms with van der Waals surface area (Å²) < 4.78 is 4.92. The molecule has 0 saturated carbocycles. The van der Waals surface area contributed by atoms with Gasteiger partial charge in [-0.1, -0.05) is 37.1 Å². The number of benzene rings is 1. The average molecular weight is 320 g/mol. The molecule has 2 rings (SSSR count). The number of aryl methyl sites for hydroxylation is 2. The molecule has 0 unspecified atom stereocenters. The van der Waals surface area contributed by atoms with Crippen molar-refractivity contribution in [1.82, 2.24) is 4.98 Å². The Labute approximate surface area is 136 Å². The lowest BCUT2D eigenvalue weighted by Gasteiger charge is -2.05. The largest absolute Gasteiger partial charge is 0.464 e. The highest BCUT2D eigenvalue weighted by atomic mass is 35.5. The van der Waals surface area contributed by atoms with Gasteiger partial charge in [-0.2, -0.15) is 0 Å². The van der Waals surface area contributed by atoms with Gasteiger partial charge in [0.1, 0.15) is 5.69 Å². The summed E-state index contributed by atoms with van der Waals surface area (Å²) in [7, 11) is 1.41. The van der Waals surface area contributed by atoms with Crippen molar-refractivity contribution < 1.29 is 9.53 Å². The van der Waals surface area contributed by atoms with Crippen LogP contribution in [0.3, 0.4) is 0 Å². The number of nitrogens with one attached hydrogen (secondary N) is 1. The predicted octanol–water partition coefficient (Wildman–Crippen LogP) is 5.07. The molecule has 1 N–H and O–H groups in total. The minimum absolute atomic E-state index is 0.326. The van der Waals surface area contributed by atoms with Gasteiger partial charge in [0.15, 0.2) is 0 Å². The number of rotatable bonds is 7. The topological polar surface area (TPSA) is 42.1 Å². The predicted molar refractivity (Wildman–Crippen MR) is 91.8 cm³/mol. The van der Waals surface area contributed by atoms with Gasteiger partial charge in [-0.05, 0) is 42.9 Å². The number of methoxy groups -OCH3 is 1. The molecule has 1 aromatic heterocycles. The quantitative estimate of drug-likeness (QED) is 0.572. The third-order valence-electron chi connectivity index (χ3n) is 3.90. The van der Waals surface area contributed by atoms with Gasteiger partial charge in [-0.3, -0.25) is 0 Å². The number of aromatic amines is 1. The molecule has 4 heteroatoms. The number of carbonyl (C=O) groups is 1. The third kappa shape index (κ3) is 3.20. The van der Waals surface area contributed by atoms with E-state index in [4.69, 9.17) is 16.3 Å². The fourth-order valence-electron chi connectivity index (χ4n) is 2.73. The van der Waals surface area contributed by atoms with Gasteiger partial charge in [-0.15, -0.1) is 6.58 Å². The number of unbranched alkanes of at least 4 members (excludes halogenated alkanes) is 1. The van der Waals surface area contributed by atoms with Gasteiger partial charge >= 0.3 is 5.97 Å². The van der Waals surface area contributed by atoms with Crippen LogP contribution in [-0.4, -0.2) is 18.1 Å². The summed E-state index contributed by atoms with van der Waals surface area (Å²) in [6, 6.07) is 3.90. The molecule has 0 aliphatic carbocycles. The van der Waals surface area contributed by atoms with Crippen molar-refractivity contribution in [3.8, 4) is 0 Å². The van der Waals surface area contributed by atoms with E-state index in [0.717, 1.165) is 54.1 Å². The standard InChI is InChI=1S/C18H22ClNO2/c1-4-6-8-12-13-10-11-15(19)14(9-7-5-2)16(13)20-17(12)18(21)22-3/h5,10-11,20H,2,4,6-9H2,1,3H3. The second kappa shape index (κ2) is 7.50. The fourth-order valence-corrected chi connectivity index (χ4v) is 2.98. The van der Waals surface area contributed by atoms with Crippen molar-refractivity contribution in [2.24, 2.45) is 0 Å². The van der Waals surface area contributed by atoms with Gasteiger partial charge in [0.25, 0.3) is 0 Å². The smallest absolute Gasteiger partial charge is 0.354 e. The first-order valence-corrected chi connectivity index (χ1v) is 8.02. The fraction of sp³-hybridized carbons (Fsp3) is 0.389. The molecular formula is C18H22ClNO2. The number of aromatic nitrogens is 1. The molecule has 0 amide bonds. The zero-order valence-electron chi connectivity index (χ0n) is 13.2. The van der Waals surface area contributed by atoms with Crippen LogP contribution in [-0.2, 0) is 17.6 Å². The average Bonchev–Trinajstić information content (AvgIpc) is 2.89. The minimum Gasteiger partial charge on any atom is -0.464 e. The van der Waals surface area contributed by atoms with Crippen LogP contribution in [0.25, 0.3) is 10.9 Å². The molecule has 0 aliphatic heterocycles. The summed E-state index contributed by atoms with van der Waals surface area (Å²) >= 11 is 6.35. The molecule has 0 atom stereocenters. The maximum atomic E-state index is 12.1. The highest BCUT2D eigenvalue weighted by Gasteiger charge is 2.20. The monoisotopic (exact) mass is 319 g/mol. The molecule has 0 spiro atoms. The summed E-state index contributed by atoms with van der Waals surface area (Å²) in [6.45, 7) is 5.90. The van der Waals surface area contributed by atoms with Crippen molar-refractivity contribution in [1.29, 1.82) is 0 Å². The number of fused-ring (bicyclic) bond motifs is 1. The normalized spacial score (nSPS) is 10.9. The maximum absolute atomic E-state index is 12.1. The molecule has 3 nitrogen and oxygen atoms in total. The molecule has 22 heavy (non-hydrogen) atoms. The van der Waals surface area contributed by atoms with Gasteiger partial charge in [-0.25, -0.2) is 4.79 Å². The second-order valence-electron chi connectivity index (χ2n) is 5.35. The van der Waals surface area contributed by atoms with Crippen LogP contribution in [0.15, 0.2) is 24.8 Å². The van der Waals surface area contributed by atoms with E-state index in [-0.39, 0.29) is 5.97 Å². The van der Waals surface area contributed by atoms with Gasteiger partial charge < -0.3 is 9.72 Å². The highest BCUT2D eigenvalue weighted by molar-refractivity contribution is 6.32. The van der Waals surface area contributed by atoms with E-state index in [9.17, 15) is 4.79 Å². The van der Waals surface area contributed by atoms with E-state index < -0.39 is 0 Å². The van der Waals surface area contributed by atoms with Crippen LogP contribution < -0.4 is 0 Å². The van der Waals surface area contributed by atoms with Crippen molar-refractivity contribution >= 4 is 28.5 Å². The Kier molecular flexibility index (Phi) is 5.67. The number of carbonyl (C=O) groups excluding carboxylic acids is 1. The van der Waals surface area contributed by atoms with Gasteiger partial charge in [0.05, 0.1) is 12.6 Å². The van der Waals surface area contributed by atoms with Crippen molar-refractivity contribution in [3.05, 3.63) is 46.6 Å². The lowest BCUT2D eigenvalue weighted by molar-refractivity contribution is 0.0594. The molecule has 2 aromatic rings. The first-order valence-electron chi connectivity index (χ1n) is 7.65. The Hall–Kier alpha value is -1.74. The molecule has 0 fully saturated rings. The second-order valence-corrected chi connectivity index (χ2v) is 5.76. The van der Waals surface area contributed by atoms with Crippen LogP contribution in [0.5, 0.6) is 0 Å². The number of halogens is 1. The van der Waals surface area contributed by atoms with Crippen LogP contribution in [0, 0.1) is 0 Å². The van der Waals surface area contributed by atoms with Crippen molar-refractivity contribution in [3.63, 3.8) is 0 Å². The maximum Gasteiger partial charge on any atom is 0.354 e. The van der Waals surface area contributed by atoms with E-state index in [1.54, 1.807) is 0 Å². The third-order valence-corrected chi connectivity index (χ3v) is 4.26. The molecule has 1 aromatic carbocycles. The number of ether oxygens (including phenoxy) is 1. The van der Waals surface area contributed by atoms with Crippen molar-refractivity contribution in [2.75, 3.05) is 7.11 Å². The number of hydrogen-bond donors (Lipinski definition) is 1. The molecule has 0 bridgehead atoms. The van der Waals surface area contributed by atoms with E-state index in [2.05, 4.69) is 18.5 Å². The molecule has 118 valence electrons. The summed E-state index contributed by atoms with van der Waals surface area (Å²) in [6.07, 6.45) is 6.47. The number of hydrogen-bond acceptors (Lipinski definition) is 2. The molecule has 0 radical (unpaired) electrons. The zero-order chi connectivity index (χ0) is 16.1. The summed E-state index contributed by atoms with van der Waals surface area (Å²) in [4.78, 5) is 15.3. The number of allylic oxidation sites excluding steroid dienone is 1. The Bertz CT molecular complexity index is 688. The summed E-state index contributed by atoms with van der Waals surface area (Å²) in [5.74, 6) is -0.326. The van der Waals surface area contributed by atoms with E-state index in [1.165, 1.54) is 7.11 Å². The van der Waals surface area contributed by atoms with Crippen LogP contribution in [0.1, 0.15) is 47.8 Å². The summed E-state index contributed by atoms with van der Waals surface area (Å²) in [5, 5.41) is 1.78. The lowest BCUT2D eigenvalue weighted by atomic mass is 10.0. The molecule has 0 aliphatic rings. The molecule has 1 heterocycles. The molecular weight excluding hydrogens is 298 g/mol. The Morgan fingerprint density at radius 1 is 1.36 bits per heavy atom. The number of esters is 1. The van der Waals surface area contributed by atoms with Crippen LogP contribution in [0.2, 0.25) is 5.02 Å². The Morgan fingerprint density at radius 2 is 2.14 bits per heavy atom. The van der Waals surface area contributed by atoms with Gasteiger partial charge in [0.2, 0.25) is 0 Å². The molecule has 0 saturated heterocycles. The Morgan fingerprint density at radius 3 is 2.77 bits per heavy atom. The zero-order valence-corrected chi connectivity index (χ0v) is 13.9. The van der Waals surface area contributed by atoms with Crippen molar-refractivity contribution in [2.45, 2.75) is 39.0 Å². The highest BCUT2D eigenvalue weighted by Crippen LogP contribution is 2.32. The summed E-state index contributed by atoms with van der Waals surface area (Å²) in [5.41, 5.74) is 3.56. The minimum atomic E-state index is -0.326. The van der Waals surface area contributed by atoms with E-state index >= 15 is 0 Å². The lowest BCUT2D eigenvalue weighted by Crippen LogP contribution is -2.05. The first-order chi connectivity index (χ1) is 10.6. The van der Waals surface area contributed by atoms with Crippen LogP contribution >= 0.6 is 11.6 Å². The number of H-pyrrole nitrogens is 1. The first kappa shape index (κ1) is 16.6. The van der Waals surface area contributed by atoms with E-state index in [0.29, 0.717) is 10.7 Å². The van der Waals surface area contributed by atoms with Gasteiger partial charge in [0, 0.05) is 10.4 Å². The SMILES string of the molecule is C=CCCc1c(Cl)ccc2c(CCCC)c(C(=O)OC)[nH]c12. The van der Waals surface area contributed by atoms with E-state index in [1.807, 2.05) is 18.2 Å². The van der Waals surface area contributed by atoms with Crippen LogP contribution in [0.4, 0.5) is 0 Å².